The highest BCUT2D eigenvalue weighted by Gasteiger charge is 2.49. The predicted octanol–water partition coefficient (Wildman–Crippen LogP) is 1.61. The van der Waals surface area contributed by atoms with Gasteiger partial charge in [-0.05, 0) is 37.5 Å². The molecule has 2 atom stereocenters. The SMILES string of the molecule is CCS(=O)(=O)N1C[C@@H]2OC(=O)N(CCCc3ccc(F)cc3)[C@@H]2C1. The van der Waals surface area contributed by atoms with Gasteiger partial charge in [-0.1, -0.05) is 12.1 Å². The first kappa shape index (κ1) is 17.2. The van der Waals surface area contributed by atoms with Gasteiger partial charge in [0.15, 0.2) is 0 Å². The van der Waals surface area contributed by atoms with Crippen molar-refractivity contribution in [3.05, 3.63) is 35.6 Å². The van der Waals surface area contributed by atoms with Gasteiger partial charge in [-0.15, -0.1) is 0 Å². The Morgan fingerprint density at radius 1 is 1.25 bits per heavy atom. The molecule has 132 valence electrons. The summed E-state index contributed by atoms with van der Waals surface area (Å²) in [7, 11) is -3.27. The van der Waals surface area contributed by atoms with Gasteiger partial charge in [0, 0.05) is 13.1 Å². The summed E-state index contributed by atoms with van der Waals surface area (Å²) in [6.07, 6.45) is 0.672. The highest BCUT2D eigenvalue weighted by molar-refractivity contribution is 7.89. The number of ether oxygens (including phenoxy) is 1. The second-order valence-corrected chi connectivity index (χ2v) is 8.39. The first-order valence-corrected chi connectivity index (χ1v) is 9.71. The number of carbonyl (C=O) groups excluding carboxylic acids is 1. The first-order valence-electron chi connectivity index (χ1n) is 8.10. The summed E-state index contributed by atoms with van der Waals surface area (Å²) in [5.74, 6) is -0.224. The van der Waals surface area contributed by atoms with Gasteiger partial charge in [0.1, 0.15) is 11.9 Å². The quantitative estimate of drug-likeness (QED) is 0.777. The van der Waals surface area contributed by atoms with Gasteiger partial charge in [-0.2, -0.15) is 4.31 Å². The van der Waals surface area contributed by atoms with Crippen LogP contribution in [0.15, 0.2) is 24.3 Å². The van der Waals surface area contributed by atoms with Crippen molar-refractivity contribution in [2.75, 3.05) is 25.4 Å². The zero-order valence-electron chi connectivity index (χ0n) is 13.5. The van der Waals surface area contributed by atoms with Crippen LogP contribution in [0, 0.1) is 5.82 Å². The number of rotatable bonds is 6. The van der Waals surface area contributed by atoms with Crippen LogP contribution in [-0.2, 0) is 21.2 Å². The number of halogens is 1. The maximum Gasteiger partial charge on any atom is 0.410 e. The Kier molecular flexibility index (Phi) is 4.78. The standard InChI is InChI=1S/C16H21FN2O4S/c1-2-24(21,22)18-10-14-15(11-18)23-16(20)19(14)9-3-4-12-5-7-13(17)8-6-12/h5-8,14-15H,2-4,9-11H2,1H3/t14-,15+/m1/s1. The van der Waals surface area contributed by atoms with Crippen molar-refractivity contribution < 1.29 is 22.3 Å². The van der Waals surface area contributed by atoms with E-state index in [-0.39, 0.29) is 36.4 Å². The van der Waals surface area contributed by atoms with Crippen molar-refractivity contribution in [1.29, 1.82) is 0 Å². The molecular weight excluding hydrogens is 335 g/mol. The lowest BCUT2D eigenvalue weighted by atomic mass is 10.1. The Morgan fingerprint density at radius 3 is 2.62 bits per heavy atom. The third kappa shape index (κ3) is 3.39. The number of fused-ring (bicyclic) bond motifs is 1. The van der Waals surface area contributed by atoms with E-state index in [1.165, 1.54) is 16.4 Å². The summed E-state index contributed by atoms with van der Waals surface area (Å²) in [6, 6.07) is 6.07. The summed E-state index contributed by atoms with van der Waals surface area (Å²) >= 11 is 0. The summed E-state index contributed by atoms with van der Waals surface area (Å²) in [4.78, 5) is 13.6. The molecule has 0 aliphatic carbocycles. The second kappa shape index (κ2) is 6.68. The van der Waals surface area contributed by atoms with Gasteiger partial charge >= 0.3 is 6.09 Å². The van der Waals surface area contributed by atoms with Crippen molar-refractivity contribution in [2.45, 2.75) is 31.9 Å². The van der Waals surface area contributed by atoms with Crippen LogP contribution in [0.25, 0.3) is 0 Å². The number of hydrogen-bond acceptors (Lipinski definition) is 4. The fourth-order valence-corrected chi connectivity index (χ4v) is 4.36. The van der Waals surface area contributed by atoms with E-state index >= 15 is 0 Å². The molecule has 6 nitrogen and oxygen atoms in total. The van der Waals surface area contributed by atoms with Crippen LogP contribution < -0.4 is 0 Å². The fourth-order valence-electron chi connectivity index (χ4n) is 3.24. The lowest BCUT2D eigenvalue weighted by molar-refractivity contribution is 0.129. The number of benzene rings is 1. The van der Waals surface area contributed by atoms with E-state index in [1.807, 2.05) is 0 Å². The predicted molar refractivity (Wildman–Crippen MR) is 86.5 cm³/mol. The lowest BCUT2D eigenvalue weighted by Crippen LogP contribution is -2.40. The van der Waals surface area contributed by atoms with Crippen LogP contribution in [0.1, 0.15) is 18.9 Å². The third-order valence-electron chi connectivity index (χ3n) is 4.63. The van der Waals surface area contributed by atoms with Gasteiger partial charge < -0.3 is 9.64 Å². The molecule has 3 rings (SSSR count). The molecule has 2 aliphatic rings. The monoisotopic (exact) mass is 356 g/mol. The Hall–Kier alpha value is -1.67. The molecule has 0 unspecified atom stereocenters. The summed E-state index contributed by atoms with van der Waals surface area (Å²) in [5.41, 5.74) is 1.00. The lowest BCUT2D eigenvalue weighted by Gasteiger charge is -2.22. The molecule has 0 saturated carbocycles. The number of amides is 1. The van der Waals surface area contributed by atoms with Crippen LogP contribution in [0.2, 0.25) is 0 Å². The zero-order chi connectivity index (χ0) is 17.3. The molecule has 1 amide bonds. The van der Waals surface area contributed by atoms with Gasteiger partial charge in [0.05, 0.1) is 18.3 Å². The molecule has 1 aromatic carbocycles. The summed E-state index contributed by atoms with van der Waals surface area (Å²) in [5, 5.41) is 0. The summed E-state index contributed by atoms with van der Waals surface area (Å²) < 4.78 is 43.6. The highest BCUT2D eigenvalue weighted by atomic mass is 32.2. The highest BCUT2D eigenvalue weighted by Crippen LogP contribution is 2.28. The van der Waals surface area contributed by atoms with Gasteiger partial charge in [0.25, 0.3) is 0 Å². The molecule has 1 aromatic rings. The smallest absolute Gasteiger partial charge is 0.410 e. The molecule has 24 heavy (non-hydrogen) atoms. The molecule has 0 N–H and O–H groups in total. The molecule has 2 heterocycles. The topological polar surface area (TPSA) is 66.9 Å². The fraction of sp³-hybridized carbons (Fsp3) is 0.562. The largest absolute Gasteiger partial charge is 0.442 e. The average Bonchev–Trinajstić information content (AvgIpc) is 3.08. The van der Waals surface area contributed by atoms with E-state index in [1.54, 1.807) is 24.0 Å². The van der Waals surface area contributed by atoms with E-state index in [0.717, 1.165) is 12.0 Å². The molecule has 8 heteroatoms. The first-order chi connectivity index (χ1) is 11.4. The van der Waals surface area contributed by atoms with Crippen LogP contribution >= 0.6 is 0 Å². The third-order valence-corrected chi connectivity index (χ3v) is 6.44. The van der Waals surface area contributed by atoms with E-state index in [9.17, 15) is 17.6 Å². The van der Waals surface area contributed by atoms with Crippen LogP contribution in [0.3, 0.4) is 0 Å². The minimum atomic E-state index is -3.27. The number of aryl methyl sites for hydroxylation is 1. The van der Waals surface area contributed by atoms with E-state index in [0.29, 0.717) is 19.5 Å². The van der Waals surface area contributed by atoms with Crippen molar-refractivity contribution >= 4 is 16.1 Å². The average molecular weight is 356 g/mol. The van der Waals surface area contributed by atoms with Gasteiger partial charge in [-0.25, -0.2) is 17.6 Å². The van der Waals surface area contributed by atoms with Crippen molar-refractivity contribution in [3.63, 3.8) is 0 Å². The number of nitrogens with zero attached hydrogens (tertiary/aromatic N) is 2. The maximum atomic E-state index is 12.9. The van der Waals surface area contributed by atoms with E-state index < -0.39 is 10.0 Å². The van der Waals surface area contributed by atoms with E-state index in [2.05, 4.69) is 0 Å². The molecule has 2 fully saturated rings. The minimum absolute atomic E-state index is 0.0466. The number of sulfonamides is 1. The normalized spacial score (nSPS) is 24.2. The van der Waals surface area contributed by atoms with Gasteiger partial charge in [0.2, 0.25) is 10.0 Å². The van der Waals surface area contributed by atoms with Crippen LogP contribution in [-0.4, -0.2) is 61.2 Å². The molecular formula is C16H21FN2O4S. The van der Waals surface area contributed by atoms with E-state index in [4.69, 9.17) is 4.74 Å². The Morgan fingerprint density at radius 2 is 1.96 bits per heavy atom. The zero-order valence-corrected chi connectivity index (χ0v) is 14.3. The van der Waals surface area contributed by atoms with Crippen molar-refractivity contribution in [2.24, 2.45) is 0 Å². The second-order valence-electron chi connectivity index (χ2n) is 6.13. The molecule has 0 aromatic heterocycles. The number of hydrogen-bond donors (Lipinski definition) is 0. The summed E-state index contributed by atoms with van der Waals surface area (Å²) in [6.45, 7) is 2.64. The molecule has 0 bridgehead atoms. The molecule has 0 radical (unpaired) electrons. The molecule has 2 aliphatic heterocycles. The molecule has 0 spiro atoms. The maximum absolute atomic E-state index is 12.9. The van der Waals surface area contributed by atoms with Crippen molar-refractivity contribution in [3.8, 4) is 0 Å². The Labute approximate surface area is 141 Å². The van der Waals surface area contributed by atoms with Gasteiger partial charge in [-0.3, -0.25) is 0 Å². The Balaban J connectivity index is 1.57. The Bertz CT molecular complexity index is 707. The van der Waals surface area contributed by atoms with Crippen molar-refractivity contribution in [1.82, 2.24) is 9.21 Å². The minimum Gasteiger partial charge on any atom is -0.442 e. The van der Waals surface area contributed by atoms with Crippen LogP contribution in [0.4, 0.5) is 9.18 Å². The number of carbonyl (C=O) groups is 1. The molecule has 2 saturated heterocycles. The van der Waals surface area contributed by atoms with Crippen LogP contribution in [0.5, 0.6) is 0 Å².